The maximum Gasteiger partial charge on any atom is 0.250 e. The number of aryl methyl sites for hydroxylation is 1. The van der Waals surface area contributed by atoms with Crippen LogP contribution >= 0.6 is 0 Å². The summed E-state index contributed by atoms with van der Waals surface area (Å²) in [6.45, 7) is 0.943. The second-order valence-corrected chi connectivity index (χ2v) is 6.23. The number of carbonyl (C=O) groups is 1. The Hall–Kier alpha value is -2.66. The summed E-state index contributed by atoms with van der Waals surface area (Å²) in [5, 5.41) is 3.59. The van der Waals surface area contributed by atoms with Crippen LogP contribution in [0.2, 0.25) is 0 Å². The predicted molar refractivity (Wildman–Crippen MR) is 93.8 cm³/mol. The van der Waals surface area contributed by atoms with Crippen LogP contribution in [-0.2, 0) is 6.42 Å². The summed E-state index contributed by atoms with van der Waals surface area (Å²) < 4.78 is 0. The van der Waals surface area contributed by atoms with E-state index in [0.717, 1.165) is 30.7 Å². The fourth-order valence-corrected chi connectivity index (χ4v) is 3.47. The smallest absolute Gasteiger partial charge is 0.250 e. The molecule has 0 spiro atoms. The molecule has 4 rings (SSSR count). The monoisotopic (exact) mass is 320 g/mol. The molecule has 0 bridgehead atoms. The number of aromatic amines is 1. The number of nitrogens with one attached hydrogen (secondary N) is 2. The topological polar surface area (TPSA) is 83.8 Å². The molecule has 1 unspecified atom stereocenters. The van der Waals surface area contributed by atoms with E-state index in [9.17, 15) is 4.79 Å². The minimum atomic E-state index is -0.454. The van der Waals surface area contributed by atoms with Gasteiger partial charge in [-0.2, -0.15) is 0 Å². The van der Waals surface area contributed by atoms with E-state index >= 15 is 0 Å². The molecule has 1 aliphatic heterocycles. The first-order valence-corrected chi connectivity index (χ1v) is 8.33. The molecule has 0 saturated heterocycles. The lowest BCUT2D eigenvalue weighted by atomic mass is 9.94. The Kier molecular flexibility index (Phi) is 3.78. The first-order chi connectivity index (χ1) is 11.7. The number of primary amides is 1. The van der Waals surface area contributed by atoms with Gasteiger partial charge in [0.05, 0.1) is 17.1 Å². The highest BCUT2D eigenvalue weighted by Gasteiger charge is 2.22. The van der Waals surface area contributed by atoms with Gasteiger partial charge in [-0.1, -0.05) is 30.3 Å². The standard InChI is InChI=1S/C19H20N4O/c20-18(24)14-9-5-10-15-16(14)23-19(22-15)17-13-8-2-1-6-12(13)7-3-4-11-21-17/h1-2,5-6,8-10,17,21H,3-4,7,11H2,(H2,20,24)(H,22,23). The maximum absolute atomic E-state index is 11.7. The molecule has 5 nitrogen and oxygen atoms in total. The van der Waals surface area contributed by atoms with Crippen molar-refractivity contribution in [3.8, 4) is 0 Å². The van der Waals surface area contributed by atoms with E-state index in [0.29, 0.717) is 11.1 Å². The molecule has 2 aromatic carbocycles. The fraction of sp³-hybridized carbons (Fsp3) is 0.263. The average Bonchev–Trinajstić information content (AvgIpc) is 2.99. The van der Waals surface area contributed by atoms with Crippen molar-refractivity contribution in [2.75, 3.05) is 6.54 Å². The number of imidazole rings is 1. The van der Waals surface area contributed by atoms with Crippen molar-refractivity contribution in [1.82, 2.24) is 15.3 Å². The molecule has 1 aromatic heterocycles. The van der Waals surface area contributed by atoms with E-state index in [1.54, 1.807) is 6.07 Å². The predicted octanol–water partition coefficient (Wildman–Crippen LogP) is 2.68. The van der Waals surface area contributed by atoms with Gasteiger partial charge in [0.25, 0.3) is 5.91 Å². The molecule has 122 valence electrons. The molecule has 5 heteroatoms. The third kappa shape index (κ3) is 2.57. The van der Waals surface area contributed by atoms with Gasteiger partial charge in [0, 0.05) is 0 Å². The van der Waals surface area contributed by atoms with Crippen molar-refractivity contribution in [2.24, 2.45) is 5.73 Å². The van der Waals surface area contributed by atoms with Crippen molar-refractivity contribution in [3.63, 3.8) is 0 Å². The number of H-pyrrole nitrogens is 1. The van der Waals surface area contributed by atoms with E-state index in [1.165, 1.54) is 17.5 Å². The summed E-state index contributed by atoms with van der Waals surface area (Å²) in [7, 11) is 0. The lowest BCUT2D eigenvalue weighted by Crippen LogP contribution is -2.27. The van der Waals surface area contributed by atoms with E-state index in [2.05, 4.69) is 34.6 Å². The number of fused-ring (bicyclic) bond motifs is 2. The third-order valence-corrected chi connectivity index (χ3v) is 4.66. The van der Waals surface area contributed by atoms with Crippen molar-refractivity contribution < 1.29 is 4.79 Å². The number of amides is 1. The minimum Gasteiger partial charge on any atom is -0.366 e. The highest BCUT2D eigenvalue weighted by Crippen LogP contribution is 2.28. The van der Waals surface area contributed by atoms with Crippen LogP contribution in [0.25, 0.3) is 11.0 Å². The molecule has 3 aromatic rings. The third-order valence-electron chi connectivity index (χ3n) is 4.66. The molecule has 0 saturated carbocycles. The Balaban J connectivity index is 1.85. The van der Waals surface area contributed by atoms with Gasteiger partial charge in [0.2, 0.25) is 0 Å². The molecule has 4 N–H and O–H groups in total. The quantitative estimate of drug-likeness (QED) is 0.679. The molecule has 1 atom stereocenters. The van der Waals surface area contributed by atoms with Gasteiger partial charge in [0.1, 0.15) is 11.3 Å². The lowest BCUT2D eigenvalue weighted by Gasteiger charge is -2.23. The Labute approximate surface area is 140 Å². The minimum absolute atomic E-state index is 0.00498. The Morgan fingerprint density at radius 1 is 1.12 bits per heavy atom. The number of nitrogens with two attached hydrogens (primary N) is 1. The van der Waals surface area contributed by atoms with Crippen LogP contribution in [0.3, 0.4) is 0 Å². The number of carbonyl (C=O) groups excluding carboxylic acids is 1. The summed E-state index contributed by atoms with van der Waals surface area (Å²) in [5.74, 6) is 0.373. The zero-order valence-corrected chi connectivity index (χ0v) is 13.4. The molecule has 0 fully saturated rings. The molecule has 2 heterocycles. The first-order valence-electron chi connectivity index (χ1n) is 8.33. The summed E-state index contributed by atoms with van der Waals surface area (Å²) >= 11 is 0. The average molecular weight is 320 g/mol. The van der Waals surface area contributed by atoms with Gasteiger partial charge < -0.3 is 16.0 Å². The molecular formula is C19H20N4O. The maximum atomic E-state index is 11.7. The van der Waals surface area contributed by atoms with E-state index in [4.69, 9.17) is 10.7 Å². The van der Waals surface area contributed by atoms with Crippen LogP contribution in [0.1, 0.15) is 46.2 Å². The van der Waals surface area contributed by atoms with Crippen LogP contribution in [0.4, 0.5) is 0 Å². The second-order valence-electron chi connectivity index (χ2n) is 6.23. The van der Waals surface area contributed by atoms with Gasteiger partial charge in [-0.05, 0) is 49.1 Å². The number of aromatic nitrogens is 2. The normalized spacial score (nSPS) is 17.9. The molecular weight excluding hydrogens is 300 g/mol. The van der Waals surface area contributed by atoms with Gasteiger partial charge >= 0.3 is 0 Å². The van der Waals surface area contributed by atoms with Crippen molar-refractivity contribution >= 4 is 16.9 Å². The zero-order chi connectivity index (χ0) is 16.5. The van der Waals surface area contributed by atoms with Crippen LogP contribution < -0.4 is 11.1 Å². The summed E-state index contributed by atoms with van der Waals surface area (Å²) in [5.41, 5.74) is 10.0. The fourth-order valence-electron chi connectivity index (χ4n) is 3.47. The van der Waals surface area contributed by atoms with Crippen molar-refractivity contribution in [3.05, 3.63) is 65.0 Å². The zero-order valence-electron chi connectivity index (χ0n) is 13.4. The van der Waals surface area contributed by atoms with Crippen LogP contribution in [0.5, 0.6) is 0 Å². The van der Waals surface area contributed by atoms with Crippen LogP contribution in [0, 0.1) is 0 Å². The highest BCUT2D eigenvalue weighted by molar-refractivity contribution is 6.04. The van der Waals surface area contributed by atoms with Crippen molar-refractivity contribution in [1.29, 1.82) is 0 Å². The molecule has 1 amide bonds. The molecule has 0 aliphatic carbocycles. The number of hydrogen-bond donors (Lipinski definition) is 3. The SMILES string of the molecule is NC(=O)c1cccc2[nH]c(C3NCCCCc4ccccc43)nc12. The molecule has 0 radical (unpaired) electrons. The Morgan fingerprint density at radius 2 is 2.00 bits per heavy atom. The van der Waals surface area contributed by atoms with Crippen LogP contribution in [0.15, 0.2) is 42.5 Å². The number of hydrogen-bond acceptors (Lipinski definition) is 3. The van der Waals surface area contributed by atoms with E-state index in [-0.39, 0.29) is 6.04 Å². The van der Waals surface area contributed by atoms with Gasteiger partial charge in [-0.15, -0.1) is 0 Å². The number of para-hydroxylation sites is 1. The summed E-state index contributed by atoms with van der Waals surface area (Å²) in [4.78, 5) is 19.7. The largest absolute Gasteiger partial charge is 0.366 e. The van der Waals surface area contributed by atoms with Gasteiger partial charge in [-0.25, -0.2) is 4.98 Å². The number of benzene rings is 2. The second kappa shape index (κ2) is 6.09. The van der Waals surface area contributed by atoms with Gasteiger partial charge in [-0.3, -0.25) is 4.79 Å². The Bertz CT molecular complexity index is 899. The number of rotatable bonds is 2. The lowest BCUT2D eigenvalue weighted by molar-refractivity contribution is 0.100. The molecule has 24 heavy (non-hydrogen) atoms. The Morgan fingerprint density at radius 3 is 2.88 bits per heavy atom. The summed E-state index contributed by atoms with van der Waals surface area (Å²) in [6, 6.07) is 13.9. The van der Waals surface area contributed by atoms with E-state index in [1.807, 2.05) is 12.1 Å². The number of nitrogens with zero attached hydrogens (tertiary/aromatic N) is 1. The summed E-state index contributed by atoms with van der Waals surface area (Å²) in [6.07, 6.45) is 3.40. The van der Waals surface area contributed by atoms with Crippen LogP contribution in [-0.4, -0.2) is 22.4 Å². The van der Waals surface area contributed by atoms with Gasteiger partial charge in [0.15, 0.2) is 0 Å². The van der Waals surface area contributed by atoms with E-state index < -0.39 is 5.91 Å². The molecule has 1 aliphatic rings. The first kappa shape index (κ1) is 14.9. The van der Waals surface area contributed by atoms with Crippen molar-refractivity contribution in [2.45, 2.75) is 25.3 Å². The highest BCUT2D eigenvalue weighted by atomic mass is 16.1.